The summed E-state index contributed by atoms with van der Waals surface area (Å²) in [6.07, 6.45) is -8.84. The van der Waals surface area contributed by atoms with Crippen LogP contribution >= 0.6 is 15.6 Å². The Balaban J connectivity index is 2.82. The molecule has 0 radical (unpaired) electrons. The fraction of sp³-hybridized carbons (Fsp3) is 1.00. The molecule has 1 aliphatic heterocycles. The highest BCUT2D eigenvalue weighted by molar-refractivity contribution is 7.60. The lowest BCUT2D eigenvalue weighted by atomic mass is 10.1. The maximum absolute atomic E-state index is 11.6. The lowest BCUT2D eigenvalue weighted by Gasteiger charge is -2.19. The van der Waals surface area contributed by atoms with Crippen molar-refractivity contribution < 1.29 is 57.8 Å². The van der Waals surface area contributed by atoms with E-state index in [0.29, 0.717) is 0 Å². The number of aliphatic hydroxyl groups excluding tert-OH is 4. The van der Waals surface area contributed by atoms with Gasteiger partial charge in [-0.2, -0.15) is 4.31 Å². The summed E-state index contributed by atoms with van der Waals surface area (Å²) in [4.78, 5) is 20.5. The zero-order valence-corrected chi connectivity index (χ0v) is 11.4. The van der Waals surface area contributed by atoms with Gasteiger partial charge in [0.2, 0.25) is 1.43 Å². The zero-order chi connectivity index (χ0) is 16.4. The SMILES string of the molecule is [2H]OP(=O)(OC1O[C@@H]([C@H](O)CO)[C@H](O)[C@H]1O)OP(=O)(O)O. The molecule has 7 N–H and O–H groups in total. The van der Waals surface area contributed by atoms with Crippen molar-refractivity contribution in [2.75, 3.05) is 6.61 Å². The van der Waals surface area contributed by atoms with E-state index in [1.807, 2.05) is 0 Å². The topological polar surface area (TPSA) is 203 Å². The van der Waals surface area contributed by atoms with E-state index in [-0.39, 0.29) is 0 Å². The van der Waals surface area contributed by atoms with Gasteiger partial charge >= 0.3 is 15.6 Å². The van der Waals surface area contributed by atoms with E-state index < -0.39 is 53.0 Å². The summed E-state index contributed by atoms with van der Waals surface area (Å²) >= 11 is 0. The van der Waals surface area contributed by atoms with Gasteiger partial charge in [0.15, 0.2) is 6.29 Å². The Morgan fingerprint density at radius 1 is 1.30 bits per heavy atom. The smallest absolute Gasteiger partial charge is 0.394 e. The fourth-order valence-electron chi connectivity index (χ4n) is 1.46. The molecule has 0 aliphatic carbocycles. The average molecular weight is 341 g/mol. The van der Waals surface area contributed by atoms with E-state index in [1.165, 1.54) is 0 Å². The summed E-state index contributed by atoms with van der Waals surface area (Å²) in [5, 5.41) is 37.1. The molecule has 6 atom stereocenters. The van der Waals surface area contributed by atoms with Gasteiger partial charge in [-0.25, -0.2) is 9.13 Å². The van der Waals surface area contributed by atoms with Gasteiger partial charge in [-0.05, 0) is 0 Å². The van der Waals surface area contributed by atoms with Crippen molar-refractivity contribution >= 4 is 15.6 Å². The molecule has 20 heavy (non-hydrogen) atoms. The molecule has 0 aromatic rings. The minimum absolute atomic E-state index is 0.841. The van der Waals surface area contributed by atoms with Crippen LogP contribution in [0.4, 0.5) is 0 Å². The molecule has 0 amide bonds. The van der Waals surface area contributed by atoms with Crippen LogP contribution in [0.25, 0.3) is 0 Å². The highest BCUT2D eigenvalue weighted by Crippen LogP contribution is 2.58. The van der Waals surface area contributed by atoms with Crippen LogP contribution in [0, 0.1) is 0 Å². The summed E-state index contributed by atoms with van der Waals surface area (Å²) < 4.78 is 41.4. The van der Waals surface area contributed by atoms with Crippen LogP contribution in [-0.2, 0) is 22.7 Å². The molecule has 1 heterocycles. The second-order valence-electron chi connectivity index (χ2n) is 3.83. The number of hydrogen-bond acceptors (Lipinski definition) is 10. The van der Waals surface area contributed by atoms with Gasteiger partial charge in [-0.15, -0.1) is 0 Å². The van der Waals surface area contributed by atoms with E-state index >= 15 is 0 Å². The predicted octanol–water partition coefficient (Wildman–Crippen LogP) is -2.99. The van der Waals surface area contributed by atoms with E-state index in [9.17, 15) is 24.4 Å². The van der Waals surface area contributed by atoms with Crippen LogP contribution in [0.3, 0.4) is 0 Å². The summed E-state index contributed by atoms with van der Waals surface area (Å²) in [5.41, 5.74) is 0. The van der Waals surface area contributed by atoms with Crippen molar-refractivity contribution in [1.82, 2.24) is 0 Å². The van der Waals surface area contributed by atoms with E-state index in [0.717, 1.165) is 0 Å². The second kappa shape index (κ2) is 6.44. The molecular formula is C6H14O12P2. The lowest BCUT2D eigenvalue weighted by molar-refractivity contribution is -0.143. The van der Waals surface area contributed by atoms with Crippen LogP contribution in [0.1, 0.15) is 0 Å². The third-order valence-electron chi connectivity index (χ3n) is 2.26. The van der Waals surface area contributed by atoms with Gasteiger partial charge in [-0.3, -0.25) is 4.52 Å². The first-order valence-corrected chi connectivity index (χ1v) is 8.03. The van der Waals surface area contributed by atoms with E-state index in [1.54, 1.807) is 0 Å². The quantitative estimate of drug-likeness (QED) is 0.232. The molecule has 2 unspecified atom stereocenters. The molecule has 0 spiro atoms. The summed E-state index contributed by atoms with van der Waals surface area (Å²) in [7, 11) is -10.5. The van der Waals surface area contributed by atoms with Crippen molar-refractivity contribution in [3.63, 3.8) is 0 Å². The van der Waals surface area contributed by atoms with Crippen LogP contribution < -0.4 is 0 Å². The maximum Gasteiger partial charge on any atom is 0.483 e. The molecular weight excluding hydrogens is 326 g/mol. The Hall–Kier alpha value is 0.0600. The predicted molar refractivity (Wildman–Crippen MR) is 57.8 cm³/mol. The van der Waals surface area contributed by atoms with Crippen LogP contribution in [0.15, 0.2) is 0 Å². The molecule has 0 saturated carbocycles. The standard InChI is InChI=1S/C6H14O12P2/c7-1-2(8)5-3(9)4(10)6(16-5)17-20(14,15)18-19(11,12)13/h2-10H,1H2,(H,14,15)(H2,11,12,13)/t2-,3-,4-,5+,6?/m1/s1/i/hD. The monoisotopic (exact) mass is 341 g/mol. The summed E-state index contributed by atoms with van der Waals surface area (Å²) in [6, 6.07) is 0. The molecule has 120 valence electrons. The normalized spacial score (nSPS) is 36.4. The molecule has 1 saturated heterocycles. The number of phosphoric ester groups is 1. The van der Waals surface area contributed by atoms with Crippen molar-refractivity contribution in [3.05, 3.63) is 0 Å². The van der Waals surface area contributed by atoms with E-state index in [2.05, 4.69) is 13.7 Å². The largest absolute Gasteiger partial charge is 0.483 e. The molecule has 12 nitrogen and oxygen atoms in total. The Labute approximate surface area is 113 Å². The Morgan fingerprint density at radius 3 is 2.35 bits per heavy atom. The maximum atomic E-state index is 11.6. The fourth-order valence-corrected chi connectivity index (χ4v) is 3.08. The second-order valence-corrected chi connectivity index (χ2v) is 6.56. The molecule has 1 aliphatic rings. The van der Waals surface area contributed by atoms with Gasteiger partial charge in [0.05, 0.1) is 6.61 Å². The third kappa shape index (κ3) is 4.81. The summed E-state index contributed by atoms with van der Waals surface area (Å²) in [6.45, 7) is -0.841. The number of rotatable bonds is 7. The van der Waals surface area contributed by atoms with Gasteiger partial charge in [0, 0.05) is 0 Å². The van der Waals surface area contributed by atoms with Crippen molar-refractivity contribution in [2.24, 2.45) is 0 Å². The number of ether oxygens (including phenoxy) is 1. The first-order valence-electron chi connectivity index (χ1n) is 5.44. The van der Waals surface area contributed by atoms with Gasteiger partial charge in [-0.1, -0.05) is 0 Å². The highest BCUT2D eigenvalue weighted by Gasteiger charge is 2.50. The highest BCUT2D eigenvalue weighted by atomic mass is 31.3. The Morgan fingerprint density at radius 2 is 1.90 bits per heavy atom. The van der Waals surface area contributed by atoms with Crippen molar-refractivity contribution in [1.29, 1.82) is 1.43 Å². The Kier molecular flexibility index (Phi) is 5.29. The van der Waals surface area contributed by atoms with Crippen LogP contribution in [0.2, 0.25) is 0 Å². The van der Waals surface area contributed by atoms with Crippen molar-refractivity contribution in [3.8, 4) is 0 Å². The summed E-state index contributed by atoms with van der Waals surface area (Å²) in [5.74, 6) is 0. The molecule has 14 heteroatoms. The number of phosphoric acid groups is 2. The number of aliphatic hydroxyl groups is 4. The number of hydrogen-bond donors (Lipinski definition) is 7. The lowest BCUT2D eigenvalue weighted by Crippen LogP contribution is -2.40. The Bertz CT molecular complexity index is 439. The van der Waals surface area contributed by atoms with Crippen LogP contribution in [0.5, 0.6) is 0 Å². The van der Waals surface area contributed by atoms with Crippen molar-refractivity contribution in [2.45, 2.75) is 30.7 Å². The molecule has 0 aromatic heterocycles. The molecule has 0 aromatic carbocycles. The minimum atomic E-state index is -5.36. The van der Waals surface area contributed by atoms with Crippen LogP contribution in [-0.4, -0.2) is 73.9 Å². The van der Waals surface area contributed by atoms with Gasteiger partial charge in [0.25, 0.3) is 0 Å². The minimum Gasteiger partial charge on any atom is -0.394 e. The van der Waals surface area contributed by atoms with E-state index in [4.69, 9.17) is 21.1 Å². The molecule has 1 rings (SSSR count). The molecule has 0 bridgehead atoms. The molecule has 1 fully saturated rings. The first-order chi connectivity index (χ1) is 9.53. The van der Waals surface area contributed by atoms with Gasteiger partial charge in [0.1, 0.15) is 24.4 Å². The average Bonchev–Trinajstić information content (AvgIpc) is 2.64. The first kappa shape index (κ1) is 16.4. The van der Waals surface area contributed by atoms with Gasteiger partial charge < -0.3 is 39.8 Å². The zero-order valence-electron chi connectivity index (χ0n) is 10.6. The third-order valence-corrected chi connectivity index (χ3v) is 4.38.